The van der Waals surface area contributed by atoms with E-state index in [1.807, 2.05) is 18.2 Å². The van der Waals surface area contributed by atoms with Crippen molar-refractivity contribution >= 4 is 18.5 Å². The van der Waals surface area contributed by atoms with Gasteiger partial charge in [0.1, 0.15) is 0 Å². The summed E-state index contributed by atoms with van der Waals surface area (Å²) in [5.74, 6) is 0.536. The van der Waals surface area contributed by atoms with E-state index in [1.165, 1.54) is 0 Å². The maximum Gasteiger partial charge on any atom is 0.252 e. The smallest absolute Gasteiger partial charge is 0.252 e. The molecular formula is C13H19NOS. The van der Waals surface area contributed by atoms with Gasteiger partial charge < -0.3 is 5.32 Å². The second-order valence-corrected chi connectivity index (χ2v) is 4.39. The molecule has 0 saturated carbocycles. The molecule has 1 N–H and O–H groups in total. The molecule has 1 rings (SSSR count). The molecule has 88 valence electrons. The van der Waals surface area contributed by atoms with Gasteiger partial charge in [0.25, 0.3) is 5.91 Å². The summed E-state index contributed by atoms with van der Waals surface area (Å²) in [6.45, 7) is 5.04. The lowest BCUT2D eigenvalue weighted by atomic mass is 10.0. The third-order valence-electron chi connectivity index (χ3n) is 2.85. The Kier molecular flexibility index (Phi) is 5.39. The van der Waals surface area contributed by atoms with Crippen LogP contribution in [-0.4, -0.2) is 12.5 Å². The van der Waals surface area contributed by atoms with E-state index < -0.39 is 0 Å². The van der Waals surface area contributed by atoms with Gasteiger partial charge in [-0.25, -0.2) is 0 Å². The van der Waals surface area contributed by atoms with Crippen LogP contribution in [0.3, 0.4) is 0 Å². The first kappa shape index (κ1) is 13.1. The fourth-order valence-corrected chi connectivity index (χ4v) is 1.84. The number of amides is 1. The van der Waals surface area contributed by atoms with Crippen molar-refractivity contribution < 1.29 is 4.79 Å². The summed E-state index contributed by atoms with van der Waals surface area (Å²) in [6, 6.07) is 7.35. The van der Waals surface area contributed by atoms with Gasteiger partial charge in [0.15, 0.2) is 0 Å². The number of carbonyl (C=O) groups excluding carboxylic acids is 1. The highest BCUT2D eigenvalue weighted by atomic mass is 32.1. The van der Waals surface area contributed by atoms with Gasteiger partial charge in [-0.1, -0.05) is 38.8 Å². The van der Waals surface area contributed by atoms with Crippen LogP contribution in [0.25, 0.3) is 0 Å². The zero-order chi connectivity index (χ0) is 12.0. The van der Waals surface area contributed by atoms with Crippen LogP contribution in [0.15, 0.2) is 29.2 Å². The highest BCUT2D eigenvalue weighted by Crippen LogP contribution is 2.13. The fourth-order valence-electron chi connectivity index (χ4n) is 1.58. The Morgan fingerprint density at radius 3 is 2.50 bits per heavy atom. The van der Waals surface area contributed by atoms with Crippen molar-refractivity contribution in [2.24, 2.45) is 5.92 Å². The van der Waals surface area contributed by atoms with E-state index in [2.05, 4.69) is 31.8 Å². The van der Waals surface area contributed by atoms with Crippen LogP contribution in [0.1, 0.15) is 37.0 Å². The standard InChI is InChI=1S/C13H19NOS/c1-3-10(4-2)9-14-13(15)11-7-5-6-8-12(11)16/h5-8,10,16H,3-4,9H2,1-2H3,(H,14,15). The molecule has 0 aliphatic heterocycles. The van der Waals surface area contributed by atoms with Crippen molar-refractivity contribution in [3.8, 4) is 0 Å². The lowest BCUT2D eigenvalue weighted by molar-refractivity contribution is 0.0943. The summed E-state index contributed by atoms with van der Waals surface area (Å²) in [4.78, 5) is 12.6. The molecule has 16 heavy (non-hydrogen) atoms. The van der Waals surface area contributed by atoms with Crippen molar-refractivity contribution in [2.75, 3.05) is 6.54 Å². The van der Waals surface area contributed by atoms with Crippen LogP contribution in [0.4, 0.5) is 0 Å². The second kappa shape index (κ2) is 6.59. The van der Waals surface area contributed by atoms with Crippen LogP contribution < -0.4 is 5.32 Å². The molecule has 1 aromatic carbocycles. The monoisotopic (exact) mass is 237 g/mol. The summed E-state index contributed by atoms with van der Waals surface area (Å²) >= 11 is 4.27. The Morgan fingerprint density at radius 2 is 1.94 bits per heavy atom. The number of carbonyl (C=O) groups is 1. The number of nitrogens with one attached hydrogen (secondary N) is 1. The van der Waals surface area contributed by atoms with Crippen molar-refractivity contribution in [1.29, 1.82) is 0 Å². The molecule has 0 aliphatic carbocycles. The molecule has 0 aromatic heterocycles. The maximum atomic E-state index is 11.8. The lowest BCUT2D eigenvalue weighted by Crippen LogP contribution is -2.29. The SMILES string of the molecule is CCC(CC)CNC(=O)c1ccccc1S. The Labute approximate surface area is 103 Å². The van der Waals surface area contributed by atoms with Crippen molar-refractivity contribution in [1.82, 2.24) is 5.32 Å². The normalized spacial score (nSPS) is 10.5. The molecule has 0 aliphatic rings. The van der Waals surface area contributed by atoms with E-state index >= 15 is 0 Å². The molecule has 0 fully saturated rings. The minimum Gasteiger partial charge on any atom is -0.352 e. The molecule has 3 heteroatoms. The zero-order valence-electron chi connectivity index (χ0n) is 9.86. The largest absolute Gasteiger partial charge is 0.352 e. The Balaban J connectivity index is 2.56. The van der Waals surface area contributed by atoms with Crippen molar-refractivity contribution in [3.63, 3.8) is 0 Å². The molecule has 0 unspecified atom stereocenters. The minimum absolute atomic E-state index is 0.0301. The van der Waals surface area contributed by atoms with Gasteiger partial charge >= 0.3 is 0 Å². The summed E-state index contributed by atoms with van der Waals surface area (Å²) < 4.78 is 0. The minimum atomic E-state index is -0.0301. The van der Waals surface area contributed by atoms with E-state index in [9.17, 15) is 4.79 Å². The molecule has 0 bridgehead atoms. The summed E-state index contributed by atoms with van der Waals surface area (Å²) in [5, 5.41) is 2.95. The number of benzene rings is 1. The highest BCUT2D eigenvalue weighted by Gasteiger charge is 2.10. The molecule has 1 amide bonds. The maximum absolute atomic E-state index is 11.8. The second-order valence-electron chi connectivity index (χ2n) is 3.91. The van der Waals surface area contributed by atoms with Crippen molar-refractivity contribution in [2.45, 2.75) is 31.6 Å². The van der Waals surface area contributed by atoms with Gasteiger partial charge in [0.2, 0.25) is 0 Å². The van der Waals surface area contributed by atoms with Gasteiger partial charge in [0.05, 0.1) is 5.56 Å². The number of rotatable bonds is 5. The van der Waals surface area contributed by atoms with Crippen molar-refractivity contribution in [3.05, 3.63) is 29.8 Å². The number of thiol groups is 1. The van der Waals surface area contributed by atoms with Gasteiger partial charge in [-0.15, -0.1) is 12.6 Å². The molecule has 0 radical (unpaired) electrons. The predicted octanol–water partition coefficient (Wildman–Crippen LogP) is 3.14. The molecular weight excluding hydrogens is 218 g/mol. The van der Waals surface area contributed by atoms with Crippen LogP contribution in [0, 0.1) is 5.92 Å². The van der Waals surface area contributed by atoms with E-state index in [1.54, 1.807) is 6.07 Å². The summed E-state index contributed by atoms with van der Waals surface area (Å²) in [6.07, 6.45) is 2.19. The number of hydrogen-bond acceptors (Lipinski definition) is 2. The van der Waals surface area contributed by atoms with E-state index in [0.29, 0.717) is 11.5 Å². The Bertz CT molecular complexity index is 348. The Morgan fingerprint density at radius 1 is 1.31 bits per heavy atom. The van der Waals surface area contributed by atoms with E-state index in [-0.39, 0.29) is 5.91 Å². The molecule has 0 saturated heterocycles. The average molecular weight is 237 g/mol. The number of hydrogen-bond donors (Lipinski definition) is 2. The molecule has 1 aromatic rings. The van der Waals surface area contributed by atoms with Crippen LogP contribution in [0.2, 0.25) is 0 Å². The molecule has 2 nitrogen and oxygen atoms in total. The van der Waals surface area contributed by atoms with Gasteiger partial charge in [-0.05, 0) is 18.1 Å². The van der Waals surface area contributed by atoms with E-state index in [4.69, 9.17) is 0 Å². The van der Waals surface area contributed by atoms with Crippen LogP contribution in [-0.2, 0) is 0 Å². The predicted molar refractivity (Wildman–Crippen MR) is 70.1 cm³/mol. The van der Waals surface area contributed by atoms with Gasteiger partial charge in [0, 0.05) is 11.4 Å². The first-order valence-electron chi connectivity index (χ1n) is 5.75. The lowest BCUT2D eigenvalue weighted by Gasteiger charge is -2.13. The molecule has 0 spiro atoms. The topological polar surface area (TPSA) is 29.1 Å². The first-order valence-corrected chi connectivity index (χ1v) is 6.19. The molecule has 0 atom stereocenters. The van der Waals surface area contributed by atoms with Crippen LogP contribution >= 0.6 is 12.6 Å². The summed E-state index contributed by atoms with van der Waals surface area (Å²) in [7, 11) is 0. The third-order valence-corrected chi connectivity index (χ3v) is 3.24. The van der Waals surface area contributed by atoms with Gasteiger partial charge in [-0.3, -0.25) is 4.79 Å². The molecule has 0 heterocycles. The first-order chi connectivity index (χ1) is 7.69. The van der Waals surface area contributed by atoms with Gasteiger partial charge in [-0.2, -0.15) is 0 Å². The van der Waals surface area contributed by atoms with Crippen LogP contribution in [0.5, 0.6) is 0 Å². The summed E-state index contributed by atoms with van der Waals surface area (Å²) in [5.41, 5.74) is 0.650. The fraction of sp³-hybridized carbons (Fsp3) is 0.462. The Hall–Kier alpha value is -0.960. The van der Waals surface area contributed by atoms with E-state index in [0.717, 1.165) is 24.3 Å². The quantitative estimate of drug-likeness (QED) is 0.757. The highest BCUT2D eigenvalue weighted by molar-refractivity contribution is 7.80. The average Bonchev–Trinajstić information content (AvgIpc) is 2.30. The third kappa shape index (κ3) is 3.56. The zero-order valence-corrected chi connectivity index (χ0v) is 10.8.